The molecule has 3 nitrogen and oxygen atoms in total. The zero-order valence-corrected chi connectivity index (χ0v) is 11.7. The molecule has 0 aliphatic heterocycles. The maximum atomic E-state index is 11.9. The average molecular weight is 249 g/mol. The summed E-state index contributed by atoms with van der Waals surface area (Å²) in [6.07, 6.45) is 0.163. The van der Waals surface area contributed by atoms with Crippen LogP contribution in [0.4, 0.5) is 0 Å². The predicted molar refractivity (Wildman–Crippen MR) is 73.6 cm³/mol. The molecule has 0 bridgehead atoms. The Morgan fingerprint density at radius 1 is 1.33 bits per heavy atom. The van der Waals surface area contributed by atoms with Crippen LogP contribution in [0.1, 0.15) is 43.1 Å². The highest BCUT2D eigenvalue weighted by Crippen LogP contribution is 2.21. The first-order valence-electron chi connectivity index (χ1n) is 6.34. The molecule has 1 aromatic carbocycles. The molecular formula is C15H23NO2. The summed E-state index contributed by atoms with van der Waals surface area (Å²) < 4.78 is 0. The van der Waals surface area contributed by atoms with Crippen molar-refractivity contribution in [1.29, 1.82) is 0 Å². The van der Waals surface area contributed by atoms with Crippen LogP contribution in [0.15, 0.2) is 24.3 Å². The monoisotopic (exact) mass is 249 g/mol. The Morgan fingerprint density at radius 3 is 2.50 bits per heavy atom. The molecule has 0 radical (unpaired) electrons. The minimum absolute atomic E-state index is 0.0748. The number of benzene rings is 1. The van der Waals surface area contributed by atoms with E-state index in [2.05, 4.69) is 5.32 Å². The minimum Gasteiger partial charge on any atom is -0.393 e. The van der Waals surface area contributed by atoms with E-state index in [9.17, 15) is 9.90 Å². The zero-order valence-electron chi connectivity index (χ0n) is 11.7. The van der Waals surface area contributed by atoms with E-state index < -0.39 is 6.10 Å². The third kappa shape index (κ3) is 4.15. The molecule has 0 unspecified atom stereocenters. The van der Waals surface area contributed by atoms with Crippen LogP contribution in [0.25, 0.3) is 0 Å². The van der Waals surface area contributed by atoms with Crippen LogP contribution in [0, 0.1) is 12.3 Å². The van der Waals surface area contributed by atoms with Crippen molar-refractivity contribution in [2.24, 2.45) is 5.41 Å². The van der Waals surface area contributed by atoms with Crippen LogP contribution >= 0.6 is 0 Å². The summed E-state index contributed by atoms with van der Waals surface area (Å²) in [5.74, 6) is -0.0748. The molecule has 0 aliphatic carbocycles. The fraction of sp³-hybridized carbons (Fsp3) is 0.533. The molecule has 0 fully saturated rings. The number of hydrogen-bond donors (Lipinski definition) is 2. The Labute approximate surface area is 109 Å². The lowest BCUT2D eigenvalue weighted by molar-refractivity contribution is 0.0551. The SMILES string of the molecule is Cc1ccccc1C(=O)NCC[C@@H](O)C(C)(C)C. The lowest BCUT2D eigenvalue weighted by atomic mass is 9.87. The Hall–Kier alpha value is -1.35. The van der Waals surface area contributed by atoms with E-state index >= 15 is 0 Å². The van der Waals surface area contributed by atoms with E-state index in [0.29, 0.717) is 18.5 Å². The van der Waals surface area contributed by atoms with Crippen LogP contribution in [-0.4, -0.2) is 23.7 Å². The van der Waals surface area contributed by atoms with Gasteiger partial charge in [-0.2, -0.15) is 0 Å². The van der Waals surface area contributed by atoms with Crippen molar-refractivity contribution >= 4 is 5.91 Å². The van der Waals surface area contributed by atoms with Gasteiger partial charge in [-0.1, -0.05) is 39.0 Å². The molecule has 0 aliphatic rings. The molecule has 0 saturated carbocycles. The Kier molecular flexibility index (Phi) is 4.91. The van der Waals surface area contributed by atoms with E-state index in [1.807, 2.05) is 52.0 Å². The molecular weight excluding hydrogens is 226 g/mol. The quantitative estimate of drug-likeness (QED) is 0.861. The van der Waals surface area contributed by atoms with Gasteiger partial charge >= 0.3 is 0 Å². The topological polar surface area (TPSA) is 49.3 Å². The van der Waals surface area contributed by atoms with E-state index in [1.54, 1.807) is 0 Å². The number of nitrogens with one attached hydrogen (secondary N) is 1. The van der Waals surface area contributed by atoms with Gasteiger partial charge in [0.05, 0.1) is 6.10 Å². The normalized spacial score (nSPS) is 13.2. The summed E-state index contributed by atoms with van der Waals surface area (Å²) in [6, 6.07) is 7.49. The van der Waals surface area contributed by atoms with Crippen molar-refractivity contribution in [3.05, 3.63) is 35.4 Å². The van der Waals surface area contributed by atoms with Gasteiger partial charge in [-0.25, -0.2) is 0 Å². The van der Waals surface area contributed by atoms with Crippen LogP contribution in [0.3, 0.4) is 0 Å². The number of aliphatic hydroxyl groups is 1. The Bertz CT molecular complexity index is 407. The third-order valence-electron chi connectivity index (χ3n) is 3.09. The number of hydrogen-bond acceptors (Lipinski definition) is 2. The van der Waals surface area contributed by atoms with E-state index in [4.69, 9.17) is 0 Å². The first kappa shape index (κ1) is 14.7. The average Bonchev–Trinajstić information content (AvgIpc) is 2.28. The summed E-state index contributed by atoms with van der Waals surface area (Å²) in [5.41, 5.74) is 1.52. The first-order valence-corrected chi connectivity index (χ1v) is 6.34. The second-order valence-electron chi connectivity index (χ2n) is 5.74. The molecule has 0 spiro atoms. The summed E-state index contributed by atoms with van der Waals surface area (Å²) in [6.45, 7) is 8.37. The van der Waals surface area contributed by atoms with Gasteiger partial charge < -0.3 is 10.4 Å². The maximum Gasteiger partial charge on any atom is 0.251 e. The van der Waals surface area contributed by atoms with Crippen LogP contribution in [0.5, 0.6) is 0 Å². The lowest BCUT2D eigenvalue weighted by Crippen LogP contribution is -2.32. The maximum absolute atomic E-state index is 11.9. The van der Waals surface area contributed by atoms with E-state index in [1.165, 1.54) is 0 Å². The third-order valence-corrected chi connectivity index (χ3v) is 3.09. The first-order chi connectivity index (χ1) is 8.32. The van der Waals surface area contributed by atoms with Gasteiger partial charge in [0.1, 0.15) is 0 Å². The smallest absolute Gasteiger partial charge is 0.251 e. The van der Waals surface area contributed by atoms with Crippen molar-refractivity contribution in [3.63, 3.8) is 0 Å². The predicted octanol–water partition coefficient (Wildman–Crippen LogP) is 2.52. The second kappa shape index (κ2) is 6.01. The Balaban J connectivity index is 2.46. The summed E-state index contributed by atoms with van der Waals surface area (Å²) in [7, 11) is 0. The molecule has 1 aromatic rings. The molecule has 1 amide bonds. The van der Waals surface area contributed by atoms with Gasteiger partial charge in [-0.15, -0.1) is 0 Å². The van der Waals surface area contributed by atoms with Crippen molar-refractivity contribution in [2.45, 2.75) is 40.2 Å². The summed E-state index contributed by atoms with van der Waals surface area (Å²) in [5, 5.41) is 12.7. The molecule has 18 heavy (non-hydrogen) atoms. The number of amides is 1. The molecule has 1 atom stereocenters. The number of carbonyl (C=O) groups is 1. The highest BCUT2D eigenvalue weighted by atomic mass is 16.3. The van der Waals surface area contributed by atoms with Crippen molar-refractivity contribution < 1.29 is 9.90 Å². The lowest BCUT2D eigenvalue weighted by Gasteiger charge is -2.25. The fourth-order valence-corrected chi connectivity index (χ4v) is 1.68. The fourth-order valence-electron chi connectivity index (χ4n) is 1.68. The van der Waals surface area contributed by atoms with E-state index in [-0.39, 0.29) is 11.3 Å². The zero-order chi connectivity index (χ0) is 13.8. The molecule has 3 heteroatoms. The number of carbonyl (C=O) groups excluding carboxylic acids is 1. The van der Waals surface area contributed by atoms with Gasteiger partial charge in [-0.3, -0.25) is 4.79 Å². The summed E-state index contributed by atoms with van der Waals surface area (Å²) in [4.78, 5) is 11.9. The van der Waals surface area contributed by atoms with Crippen molar-refractivity contribution in [2.75, 3.05) is 6.54 Å². The molecule has 100 valence electrons. The van der Waals surface area contributed by atoms with Crippen molar-refractivity contribution in [1.82, 2.24) is 5.32 Å². The molecule has 1 rings (SSSR count). The molecule has 2 N–H and O–H groups in total. The largest absolute Gasteiger partial charge is 0.393 e. The van der Waals surface area contributed by atoms with Gasteiger partial charge in [-0.05, 0) is 30.4 Å². The molecule has 0 aromatic heterocycles. The van der Waals surface area contributed by atoms with Gasteiger partial charge in [0.15, 0.2) is 0 Å². The van der Waals surface area contributed by atoms with Crippen LogP contribution < -0.4 is 5.32 Å². The molecule has 0 heterocycles. The highest BCUT2D eigenvalue weighted by Gasteiger charge is 2.21. The highest BCUT2D eigenvalue weighted by molar-refractivity contribution is 5.95. The van der Waals surface area contributed by atoms with E-state index in [0.717, 1.165) is 5.56 Å². The number of rotatable bonds is 4. The molecule has 0 saturated heterocycles. The van der Waals surface area contributed by atoms with Gasteiger partial charge in [0, 0.05) is 12.1 Å². The second-order valence-corrected chi connectivity index (χ2v) is 5.74. The number of aliphatic hydroxyl groups excluding tert-OH is 1. The Morgan fingerprint density at radius 2 is 1.94 bits per heavy atom. The van der Waals surface area contributed by atoms with Crippen LogP contribution in [-0.2, 0) is 0 Å². The van der Waals surface area contributed by atoms with Gasteiger partial charge in [0.2, 0.25) is 0 Å². The summed E-state index contributed by atoms with van der Waals surface area (Å²) >= 11 is 0. The standard InChI is InChI=1S/C15H23NO2/c1-11-7-5-6-8-12(11)14(18)16-10-9-13(17)15(2,3)4/h5-8,13,17H,9-10H2,1-4H3,(H,16,18)/t13-/m1/s1. The van der Waals surface area contributed by atoms with Crippen LogP contribution in [0.2, 0.25) is 0 Å². The minimum atomic E-state index is -0.408. The van der Waals surface area contributed by atoms with Crippen molar-refractivity contribution in [3.8, 4) is 0 Å². The van der Waals surface area contributed by atoms with Gasteiger partial charge in [0.25, 0.3) is 5.91 Å². The number of aryl methyl sites for hydroxylation is 1.